The second-order valence-corrected chi connectivity index (χ2v) is 3.77. The lowest BCUT2D eigenvalue weighted by Gasteiger charge is -2.37. The van der Waals surface area contributed by atoms with Gasteiger partial charge in [-0.2, -0.15) is 0 Å². The zero-order valence-corrected chi connectivity index (χ0v) is 8.29. The third-order valence-electron chi connectivity index (χ3n) is 2.87. The van der Waals surface area contributed by atoms with E-state index in [0.717, 1.165) is 0 Å². The van der Waals surface area contributed by atoms with E-state index >= 15 is 0 Å². The molecule has 15 heavy (non-hydrogen) atoms. The Morgan fingerprint density at radius 3 is 1.67 bits per heavy atom. The summed E-state index contributed by atoms with van der Waals surface area (Å²) in [6.07, 6.45) is -0.441. The summed E-state index contributed by atoms with van der Waals surface area (Å²) in [5.74, 6) is 0. The van der Waals surface area contributed by atoms with Crippen LogP contribution in [0.2, 0.25) is 0 Å². The minimum Gasteiger partial charge on any atom is -0.353 e. The van der Waals surface area contributed by atoms with Crippen molar-refractivity contribution < 1.29 is 28.4 Å². The maximum absolute atomic E-state index is 5.52. The minimum atomic E-state index is -0.116. The summed E-state index contributed by atoms with van der Waals surface area (Å²) in [6.45, 7) is 1.88. The molecule has 6 heteroatoms. The lowest BCUT2D eigenvalue weighted by molar-refractivity contribution is -0.260. The molecule has 3 aliphatic rings. The third kappa shape index (κ3) is 1.89. The van der Waals surface area contributed by atoms with E-state index in [1.165, 1.54) is 0 Å². The van der Waals surface area contributed by atoms with Gasteiger partial charge >= 0.3 is 0 Å². The van der Waals surface area contributed by atoms with Crippen LogP contribution in [-0.4, -0.2) is 58.0 Å². The van der Waals surface area contributed by atoms with E-state index in [2.05, 4.69) is 0 Å². The van der Waals surface area contributed by atoms with Gasteiger partial charge < -0.3 is 28.4 Å². The quantitative estimate of drug-likeness (QED) is 0.545. The molecular formula is C9H14O6. The Labute approximate surface area is 87.3 Å². The molecule has 3 rings (SSSR count). The van der Waals surface area contributed by atoms with Gasteiger partial charge in [0, 0.05) is 0 Å². The first-order chi connectivity index (χ1) is 7.45. The average molecular weight is 218 g/mol. The van der Waals surface area contributed by atoms with Crippen LogP contribution in [0, 0.1) is 0 Å². The molecule has 6 nitrogen and oxygen atoms in total. The molecule has 0 amide bonds. The van der Waals surface area contributed by atoms with Crippen molar-refractivity contribution >= 4 is 0 Å². The zero-order chi connectivity index (χ0) is 10.1. The van der Waals surface area contributed by atoms with Gasteiger partial charge in [-0.1, -0.05) is 0 Å². The number of hydrogen-bond donors (Lipinski definition) is 0. The topological polar surface area (TPSA) is 55.4 Å². The van der Waals surface area contributed by atoms with E-state index in [-0.39, 0.29) is 44.8 Å². The molecule has 0 aromatic heterocycles. The fraction of sp³-hybridized carbons (Fsp3) is 1.00. The molecule has 3 aliphatic heterocycles. The molecule has 3 saturated heterocycles. The Kier molecular flexibility index (Phi) is 2.87. The van der Waals surface area contributed by atoms with Gasteiger partial charge in [-0.15, -0.1) is 0 Å². The van der Waals surface area contributed by atoms with E-state index in [1.807, 2.05) is 0 Å². The maximum Gasteiger partial charge on any atom is 0.147 e. The summed E-state index contributed by atoms with van der Waals surface area (Å²) in [6, 6.07) is 0. The van der Waals surface area contributed by atoms with E-state index in [1.54, 1.807) is 0 Å². The van der Waals surface area contributed by atoms with Crippen LogP contribution in [0.15, 0.2) is 0 Å². The molecule has 3 fully saturated rings. The van der Waals surface area contributed by atoms with Crippen molar-refractivity contribution in [3.8, 4) is 0 Å². The third-order valence-corrected chi connectivity index (χ3v) is 2.87. The Morgan fingerprint density at radius 1 is 0.600 bits per heavy atom. The molecule has 0 radical (unpaired) electrons. The van der Waals surface area contributed by atoms with Gasteiger partial charge in [0.15, 0.2) is 0 Å². The minimum absolute atomic E-state index is 0.105. The van der Waals surface area contributed by atoms with Crippen molar-refractivity contribution in [3.63, 3.8) is 0 Å². The monoisotopic (exact) mass is 218 g/mol. The van der Waals surface area contributed by atoms with Crippen molar-refractivity contribution in [1.82, 2.24) is 0 Å². The fourth-order valence-corrected chi connectivity index (χ4v) is 2.10. The number of rotatable bonds is 0. The molecular weight excluding hydrogens is 204 g/mol. The summed E-state index contributed by atoms with van der Waals surface area (Å²) in [4.78, 5) is 0. The first-order valence-corrected chi connectivity index (χ1v) is 5.07. The van der Waals surface area contributed by atoms with E-state index in [9.17, 15) is 0 Å². The fourth-order valence-electron chi connectivity index (χ4n) is 2.10. The van der Waals surface area contributed by atoms with Crippen LogP contribution in [0.25, 0.3) is 0 Å². The standard InChI is InChI=1S/C9H14O6/c1-6-8(14-3-10-1)9-7(13-5-12-6)2-11-4-15-9/h6-9H,1-5H2/t6-,7-,8-,9?/m0/s1. The smallest absolute Gasteiger partial charge is 0.147 e. The van der Waals surface area contributed by atoms with Crippen LogP contribution in [0.1, 0.15) is 0 Å². The molecule has 0 aromatic carbocycles. The molecule has 3 heterocycles. The van der Waals surface area contributed by atoms with E-state index < -0.39 is 0 Å². The molecule has 0 spiro atoms. The van der Waals surface area contributed by atoms with Crippen LogP contribution in [-0.2, 0) is 28.4 Å². The van der Waals surface area contributed by atoms with Crippen LogP contribution in [0.4, 0.5) is 0 Å². The van der Waals surface area contributed by atoms with Gasteiger partial charge in [0.25, 0.3) is 0 Å². The number of ether oxygens (including phenoxy) is 6. The maximum atomic E-state index is 5.52. The highest BCUT2D eigenvalue weighted by Crippen LogP contribution is 2.26. The molecule has 86 valence electrons. The molecule has 0 bridgehead atoms. The largest absolute Gasteiger partial charge is 0.353 e. The highest BCUT2D eigenvalue weighted by Gasteiger charge is 2.44. The molecule has 4 atom stereocenters. The molecule has 0 saturated carbocycles. The highest BCUT2D eigenvalue weighted by atomic mass is 16.8. The Hall–Kier alpha value is -0.240. The zero-order valence-electron chi connectivity index (χ0n) is 8.29. The van der Waals surface area contributed by atoms with Gasteiger partial charge in [0.2, 0.25) is 0 Å². The van der Waals surface area contributed by atoms with Gasteiger partial charge in [-0.3, -0.25) is 0 Å². The Morgan fingerprint density at radius 2 is 1.13 bits per heavy atom. The normalized spacial score (nSPS) is 46.4. The van der Waals surface area contributed by atoms with Crippen LogP contribution in [0.5, 0.6) is 0 Å². The van der Waals surface area contributed by atoms with Gasteiger partial charge in [0.1, 0.15) is 44.8 Å². The lowest BCUT2D eigenvalue weighted by Crippen LogP contribution is -2.54. The van der Waals surface area contributed by atoms with E-state index in [0.29, 0.717) is 13.2 Å². The van der Waals surface area contributed by atoms with Crippen LogP contribution >= 0.6 is 0 Å². The van der Waals surface area contributed by atoms with Gasteiger partial charge in [-0.05, 0) is 0 Å². The summed E-state index contributed by atoms with van der Waals surface area (Å²) in [5.41, 5.74) is 0. The number of fused-ring (bicyclic) bond motifs is 3. The summed E-state index contributed by atoms with van der Waals surface area (Å²) in [5, 5.41) is 0. The predicted molar refractivity (Wildman–Crippen MR) is 46.0 cm³/mol. The van der Waals surface area contributed by atoms with Crippen LogP contribution < -0.4 is 0 Å². The van der Waals surface area contributed by atoms with Crippen molar-refractivity contribution in [2.45, 2.75) is 24.4 Å². The summed E-state index contributed by atoms with van der Waals surface area (Å²) in [7, 11) is 0. The van der Waals surface area contributed by atoms with Crippen molar-refractivity contribution in [3.05, 3.63) is 0 Å². The Balaban J connectivity index is 1.77. The summed E-state index contributed by atoms with van der Waals surface area (Å²) < 4.78 is 32.4. The first kappa shape index (κ1) is 9.95. The second-order valence-electron chi connectivity index (χ2n) is 3.77. The molecule has 0 N–H and O–H groups in total. The first-order valence-electron chi connectivity index (χ1n) is 5.07. The van der Waals surface area contributed by atoms with Crippen molar-refractivity contribution in [2.75, 3.05) is 33.6 Å². The molecule has 0 aliphatic carbocycles. The highest BCUT2D eigenvalue weighted by molar-refractivity contribution is 4.89. The molecule has 0 aromatic rings. The van der Waals surface area contributed by atoms with Gasteiger partial charge in [-0.25, -0.2) is 0 Å². The second kappa shape index (κ2) is 4.32. The van der Waals surface area contributed by atoms with E-state index in [4.69, 9.17) is 28.4 Å². The average Bonchev–Trinajstić information content (AvgIpc) is 2.48. The Bertz CT molecular complexity index is 201. The predicted octanol–water partition coefficient (Wildman–Crippen LogP) is -0.526. The van der Waals surface area contributed by atoms with Gasteiger partial charge in [0.05, 0.1) is 13.2 Å². The van der Waals surface area contributed by atoms with Crippen molar-refractivity contribution in [1.29, 1.82) is 0 Å². The summed E-state index contributed by atoms with van der Waals surface area (Å²) >= 11 is 0. The van der Waals surface area contributed by atoms with Crippen molar-refractivity contribution in [2.24, 2.45) is 0 Å². The molecule has 1 unspecified atom stereocenters. The van der Waals surface area contributed by atoms with Crippen LogP contribution in [0.3, 0.4) is 0 Å². The SMILES string of the molecule is C1OC[C@@H]2OCO[C@H]3COCO[C@@H]3C2O1. The number of hydrogen-bond acceptors (Lipinski definition) is 6. The lowest BCUT2D eigenvalue weighted by atomic mass is 10.0.